The van der Waals surface area contributed by atoms with Gasteiger partial charge in [0.1, 0.15) is 0 Å². The van der Waals surface area contributed by atoms with Gasteiger partial charge >= 0.3 is 0 Å². The molecule has 1 fully saturated rings. The quantitative estimate of drug-likeness (QED) is 0.867. The molecular formula is C13H22N2OS. The highest BCUT2D eigenvalue weighted by Crippen LogP contribution is 2.35. The molecule has 3 nitrogen and oxygen atoms in total. The van der Waals surface area contributed by atoms with Crippen LogP contribution in [0.2, 0.25) is 0 Å². The van der Waals surface area contributed by atoms with Crippen molar-refractivity contribution in [2.45, 2.75) is 52.2 Å². The molecule has 0 amide bonds. The predicted molar refractivity (Wildman–Crippen MR) is 71.1 cm³/mol. The minimum atomic E-state index is -0.146. The molecule has 2 N–H and O–H groups in total. The van der Waals surface area contributed by atoms with Gasteiger partial charge in [-0.05, 0) is 19.8 Å². The Kier molecular flexibility index (Phi) is 4.17. The van der Waals surface area contributed by atoms with E-state index in [1.54, 1.807) is 11.3 Å². The molecule has 17 heavy (non-hydrogen) atoms. The maximum Gasteiger partial charge on any atom is 0.0897 e. The lowest BCUT2D eigenvalue weighted by molar-refractivity contribution is 0.00119. The summed E-state index contributed by atoms with van der Waals surface area (Å²) < 4.78 is 0. The average Bonchev–Trinajstić information content (AvgIpc) is 2.69. The molecule has 4 heteroatoms. The van der Waals surface area contributed by atoms with Crippen molar-refractivity contribution in [3.8, 4) is 0 Å². The van der Waals surface area contributed by atoms with Gasteiger partial charge in [-0.3, -0.25) is 0 Å². The van der Waals surface area contributed by atoms with E-state index in [9.17, 15) is 5.11 Å². The van der Waals surface area contributed by atoms with E-state index in [1.165, 1.54) is 17.7 Å². The van der Waals surface area contributed by atoms with Gasteiger partial charge in [0, 0.05) is 29.6 Å². The van der Waals surface area contributed by atoms with E-state index in [4.69, 9.17) is 0 Å². The molecule has 1 saturated carbocycles. The molecule has 0 aliphatic heterocycles. The number of aliphatic hydroxyl groups is 1. The van der Waals surface area contributed by atoms with Crippen molar-refractivity contribution in [1.29, 1.82) is 0 Å². The van der Waals surface area contributed by atoms with Crippen LogP contribution in [0, 0.1) is 12.3 Å². The molecule has 1 aliphatic rings. The van der Waals surface area contributed by atoms with E-state index in [2.05, 4.69) is 17.2 Å². The van der Waals surface area contributed by atoms with Crippen LogP contribution in [0.25, 0.3) is 0 Å². The first-order chi connectivity index (χ1) is 8.10. The lowest BCUT2D eigenvalue weighted by atomic mass is 9.73. The molecule has 0 saturated heterocycles. The fourth-order valence-corrected chi connectivity index (χ4v) is 3.31. The van der Waals surface area contributed by atoms with Crippen LogP contribution >= 0.6 is 11.3 Å². The summed E-state index contributed by atoms with van der Waals surface area (Å²) in [4.78, 5) is 5.52. The van der Waals surface area contributed by atoms with Crippen LogP contribution in [0.15, 0.2) is 6.20 Å². The summed E-state index contributed by atoms with van der Waals surface area (Å²) in [7, 11) is 0. The maximum atomic E-state index is 10.1. The molecule has 0 radical (unpaired) electrons. The second-order valence-corrected chi connectivity index (χ2v) is 6.68. The normalized spacial score (nSPS) is 29.5. The fraction of sp³-hybridized carbons (Fsp3) is 0.769. The highest BCUT2D eigenvalue weighted by molar-refractivity contribution is 7.11. The Morgan fingerprint density at radius 1 is 1.59 bits per heavy atom. The lowest BCUT2D eigenvalue weighted by Crippen LogP contribution is -2.43. The Labute approximate surface area is 107 Å². The topological polar surface area (TPSA) is 45.2 Å². The Morgan fingerprint density at radius 2 is 2.41 bits per heavy atom. The zero-order valence-electron chi connectivity index (χ0n) is 10.7. The number of thiazole rings is 1. The smallest absolute Gasteiger partial charge is 0.0897 e. The fourth-order valence-electron chi connectivity index (χ4n) is 2.55. The van der Waals surface area contributed by atoms with Gasteiger partial charge in [0.25, 0.3) is 0 Å². The highest BCUT2D eigenvalue weighted by atomic mass is 32.1. The molecule has 1 aromatic heterocycles. The van der Waals surface area contributed by atoms with Crippen LogP contribution in [0.5, 0.6) is 0 Å². The zero-order valence-corrected chi connectivity index (χ0v) is 11.5. The SMILES string of the molecule is Cc1ncc(CNCC2(C)CCCCC2O)s1. The second kappa shape index (κ2) is 5.46. The molecule has 2 atom stereocenters. The standard InChI is InChI=1S/C13H22N2OS/c1-10-15-8-11(17-10)7-14-9-13(2)6-4-3-5-12(13)16/h8,12,14,16H,3-7,9H2,1-2H3. The third kappa shape index (κ3) is 3.27. The van der Waals surface area contributed by atoms with E-state index in [0.29, 0.717) is 0 Å². The first-order valence-electron chi connectivity index (χ1n) is 6.40. The molecule has 2 rings (SSSR count). The number of nitrogens with zero attached hydrogens (tertiary/aromatic N) is 1. The average molecular weight is 254 g/mol. The van der Waals surface area contributed by atoms with Gasteiger partial charge in [-0.1, -0.05) is 19.8 Å². The van der Waals surface area contributed by atoms with Gasteiger partial charge in [-0.25, -0.2) is 4.98 Å². The molecule has 1 aromatic rings. The van der Waals surface area contributed by atoms with E-state index in [0.717, 1.165) is 30.9 Å². The number of rotatable bonds is 4. The Balaban J connectivity index is 1.81. The number of aryl methyl sites for hydroxylation is 1. The van der Waals surface area contributed by atoms with Crippen LogP contribution < -0.4 is 5.32 Å². The molecule has 0 spiro atoms. The summed E-state index contributed by atoms with van der Waals surface area (Å²) >= 11 is 1.74. The van der Waals surface area contributed by atoms with Gasteiger partial charge in [-0.2, -0.15) is 0 Å². The first-order valence-corrected chi connectivity index (χ1v) is 7.22. The van der Waals surface area contributed by atoms with Crippen LogP contribution in [-0.2, 0) is 6.54 Å². The summed E-state index contributed by atoms with van der Waals surface area (Å²) in [6.45, 7) is 5.99. The van der Waals surface area contributed by atoms with E-state index < -0.39 is 0 Å². The molecule has 0 bridgehead atoms. The molecule has 2 unspecified atom stereocenters. The minimum Gasteiger partial charge on any atom is -0.393 e. The Morgan fingerprint density at radius 3 is 3.06 bits per heavy atom. The summed E-state index contributed by atoms with van der Waals surface area (Å²) in [6, 6.07) is 0. The van der Waals surface area contributed by atoms with E-state index >= 15 is 0 Å². The number of aliphatic hydroxyl groups excluding tert-OH is 1. The largest absolute Gasteiger partial charge is 0.393 e. The van der Waals surface area contributed by atoms with Crippen molar-refractivity contribution < 1.29 is 5.11 Å². The second-order valence-electron chi connectivity index (χ2n) is 5.36. The van der Waals surface area contributed by atoms with Gasteiger partial charge in [-0.15, -0.1) is 11.3 Å². The van der Waals surface area contributed by atoms with Crippen LogP contribution in [0.4, 0.5) is 0 Å². The van der Waals surface area contributed by atoms with Gasteiger partial charge in [0.2, 0.25) is 0 Å². The monoisotopic (exact) mass is 254 g/mol. The summed E-state index contributed by atoms with van der Waals surface area (Å²) in [5.74, 6) is 0. The van der Waals surface area contributed by atoms with Crippen LogP contribution in [-0.4, -0.2) is 22.7 Å². The predicted octanol–water partition coefficient (Wildman–Crippen LogP) is 2.48. The van der Waals surface area contributed by atoms with Crippen molar-refractivity contribution in [2.75, 3.05) is 6.54 Å². The molecular weight excluding hydrogens is 232 g/mol. The maximum absolute atomic E-state index is 10.1. The molecule has 96 valence electrons. The third-order valence-electron chi connectivity index (χ3n) is 3.78. The van der Waals surface area contributed by atoms with Gasteiger partial charge in [0.15, 0.2) is 0 Å². The van der Waals surface area contributed by atoms with E-state index in [-0.39, 0.29) is 11.5 Å². The third-order valence-corrected chi connectivity index (χ3v) is 4.69. The van der Waals surface area contributed by atoms with Crippen molar-refractivity contribution >= 4 is 11.3 Å². The number of aromatic nitrogens is 1. The summed E-state index contributed by atoms with van der Waals surface area (Å²) in [5.41, 5.74) is 0.0536. The number of hydrogen-bond acceptors (Lipinski definition) is 4. The van der Waals surface area contributed by atoms with Crippen molar-refractivity contribution in [3.05, 3.63) is 16.1 Å². The Bertz CT molecular complexity index is 366. The summed E-state index contributed by atoms with van der Waals surface area (Å²) in [5, 5.41) is 14.7. The van der Waals surface area contributed by atoms with Crippen LogP contribution in [0.3, 0.4) is 0 Å². The van der Waals surface area contributed by atoms with Crippen molar-refractivity contribution in [1.82, 2.24) is 10.3 Å². The van der Waals surface area contributed by atoms with Gasteiger partial charge in [0.05, 0.1) is 11.1 Å². The van der Waals surface area contributed by atoms with Crippen LogP contribution in [0.1, 0.15) is 42.5 Å². The Hall–Kier alpha value is -0.450. The first kappa shape index (κ1) is 13.0. The number of hydrogen-bond donors (Lipinski definition) is 2. The van der Waals surface area contributed by atoms with Crippen molar-refractivity contribution in [3.63, 3.8) is 0 Å². The van der Waals surface area contributed by atoms with Gasteiger partial charge < -0.3 is 10.4 Å². The zero-order chi connectivity index (χ0) is 12.3. The van der Waals surface area contributed by atoms with Crippen molar-refractivity contribution in [2.24, 2.45) is 5.41 Å². The molecule has 1 heterocycles. The van der Waals surface area contributed by atoms with E-state index in [1.807, 2.05) is 13.1 Å². The highest BCUT2D eigenvalue weighted by Gasteiger charge is 2.34. The molecule has 0 aromatic carbocycles. The minimum absolute atomic E-state index is 0.0536. The lowest BCUT2D eigenvalue weighted by Gasteiger charge is -2.38. The number of nitrogens with one attached hydrogen (secondary N) is 1. The molecule has 1 aliphatic carbocycles. The summed E-state index contributed by atoms with van der Waals surface area (Å²) in [6.07, 6.45) is 6.29.